The summed E-state index contributed by atoms with van der Waals surface area (Å²) in [4.78, 5) is 1.86. The van der Waals surface area contributed by atoms with Crippen molar-refractivity contribution in [1.29, 1.82) is 0 Å². The Hall–Kier alpha value is -3.63. The molecule has 0 saturated heterocycles. The molecule has 0 spiro atoms. The van der Waals surface area contributed by atoms with E-state index in [2.05, 4.69) is 16.0 Å². The van der Waals surface area contributed by atoms with Crippen LogP contribution in [0.3, 0.4) is 0 Å². The van der Waals surface area contributed by atoms with Crippen LogP contribution in [0.15, 0.2) is 90.3 Å². The monoisotopic (exact) mass is 564 g/mol. The van der Waals surface area contributed by atoms with Gasteiger partial charge in [-0.05, 0) is 73.3 Å². The molecule has 11 heteroatoms. The molecule has 39 heavy (non-hydrogen) atoms. The molecule has 1 aliphatic carbocycles. The van der Waals surface area contributed by atoms with Crippen molar-refractivity contribution < 1.29 is 26.3 Å². The molecular formula is C28H23ClF6N4. The van der Waals surface area contributed by atoms with Gasteiger partial charge in [0.1, 0.15) is 0 Å². The first-order valence-electron chi connectivity index (χ1n) is 12.1. The molecule has 0 aromatic heterocycles. The lowest BCUT2D eigenvalue weighted by Crippen LogP contribution is -2.43. The highest BCUT2D eigenvalue weighted by Gasteiger charge is 2.36. The Kier molecular flexibility index (Phi) is 7.02. The molecule has 2 atom stereocenters. The normalized spacial score (nSPS) is 18.9. The van der Waals surface area contributed by atoms with Crippen LogP contribution in [0.2, 0.25) is 5.02 Å². The van der Waals surface area contributed by atoms with Gasteiger partial charge in [0.2, 0.25) is 0 Å². The van der Waals surface area contributed by atoms with Crippen molar-refractivity contribution in [3.8, 4) is 0 Å². The minimum atomic E-state index is -4.58. The van der Waals surface area contributed by atoms with Crippen molar-refractivity contribution in [2.45, 2.75) is 31.4 Å². The Balaban J connectivity index is 1.54. The van der Waals surface area contributed by atoms with Crippen LogP contribution in [-0.2, 0) is 12.4 Å². The summed E-state index contributed by atoms with van der Waals surface area (Å²) in [6.07, 6.45) is -5.16. The summed E-state index contributed by atoms with van der Waals surface area (Å²) in [6.45, 7) is 2.50. The first-order chi connectivity index (χ1) is 18.5. The van der Waals surface area contributed by atoms with E-state index in [1.807, 2.05) is 48.2 Å². The van der Waals surface area contributed by atoms with E-state index in [4.69, 9.17) is 11.6 Å². The van der Waals surface area contributed by atoms with Crippen molar-refractivity contribution in [1.82, 2.24) is 5.32 Å². The molecule has 204 valence electrons. The van der Waals surface area contributed by atoms with Crippen molar-refractivity contribution >= 4 is 34.4 Å². The zero-order chi connectivity index (χ0) is 27.9. The summed E-state index contributed by atoms with van der Waals surface area (Å²) in [7, 11) is 0. The van der Waals surface area contributed by atoms with Crippen LogP contribution >= 0.6 is 11.6 Å². The Morgan fingerprint density at radius 2 is 1.62 bits per heavy atom. The number of hydrogen-bond acceptors (Lipinski definition) is 4. The summed E-state index contributed by atoms with van der Waals surface area (Å²) in [6, 6.07) is 15.0. The molecule has 3 N–H and O–H groups in total. The molecule has 1 heterocycles. The number of nitrogens with one attached hydrogen (secondary N) is 3. The van der Waals surface area contributed by atoms with Crippen LogP contribution in [0.4, 0.5) is 49.1 Å². The fourth-order valence-electron chi connectivity index (χ4n) is 4.74. The Labute approximate surface area is 226 Å². The number of anilines is 4. The number of likely N-dealkylation sites (N-methyl/N-ethyl adjacent to an activating group) is 1. The van der Waals surface area contributed by atoms with E-state index in [0.717, 1.165) is 35.3 Å². The molecule has 2 unspecified atom stereocenters. The standard InChI is InChI=1S/C28H23ClF6N4/c1-2-36-22-15-26-24(14-23(22)37-17-9-7-16(8-10-17)27(30,31)32)38-21-5-3-4-6-25(21)39(26)18-11-12-19(20(29)13-18)28(33,34)35/h3-15,22,24,36-38H,2H2,1H3. The van der Waals surface area contributed by atoms with Gasteiger partial charge in [-0.2, -0.15) is 26.3 Å². The molecule has 2 aliphatic rings. The van der Waals surface area contributed by atoms with Gasteiger partial charge >= 0.3 is 12.4 Å². The lowest BCUT2D eigenvalue weighted by molar-refractivity contribution is -0.138. The van der Waals surface area contributed by atoms with Crippen LogP contribution in [0.1, 0.15) is 18.1 Å². The Morgan fingerprint density at radius 1 is 0.897 bits per heavy atom. The molecule has 0 amide bonds. The van der Waals surface area contributed by atoms with Gasteiger partial charge < -0.3 is 20.9 Å². The number of rotatable bonds is 5. The zero-order valence-corrected chi connectivity index (χ0v) is 21.2. The Morgan fingerprint density at radius 3 is 2.26 bits per heavy atom. The summed E-state index contributed by atoms with van der Waals surface area (Å²) >= 11 is 6.08. The quantitative estimate of drug-likeness (QED) is 0.273. The number of alkyl halides is 6. The zero-order valence-electron chi connectivity index (χ0n) is 20.5. The topological polar surface area (TPSA) is 39.3 Å². The number of hydrogen-bond donors (Lipinski definition) is 3. The molecule has 0 saturated carbocycles. The predicted molar refractivity (Wildman–Crippen MR) is 141 cm³/mol. The number of nitrogens with zero attached hydrogens (tertiary/aromatic N) is 1. The van der Waals surface area contributed by atoms with Crippen LogP contribution in [0.25, 0.3) is 0 Å². The van der Waals surface area contributed by atoms with E-state index in [-0.39, 0.29) is 6.04 Å². The number of fused-ring (bicyclic) bond motifs is 2. The van der Waals surface area contributed by atoms with Gasteiger partial charge in [-0.3, -0.25) is 0 Å². The maximum Gasteiger partial charge on any atom is 0.417 e. The van der Waals surface area contributed by atoms with Gasteiger partial charge in [-0.25, -0.2) is 0 Å². The molecule has 0 fully saturated rings. The van der Waals surface area contributed by atoms with E-state index in [0.29, 0.717) is 23.6 Å². The molecule has 4 nitrogen and oxygen atoms in total. The fourth-order valence-corrected chi connectivity index (χ4v) is 5.02. The minimum Gasteiger partial charge on any atom is -0.372 e. The minimum absolute atomic E-state index is 0.358. The first-order valence-corrected chi connectivity index (χ1v) is 12.5. The fraction of sp³-hybridized carbons (Fsp3) is 0.214. The second-order valence-corrected chi connectivity index (χ2v) is 9.49. The summed E-state index contributed by atoms with van der Waals surface area (Å²) < 4.78 is 79.1. The Bertz CT molecular complexity index is 1430. The summed E-state index contributed by atoms with van der Waals surface area (Å²) in [5.41, 5.74) is 2.24. The number of para-hydroxylation sites is 2. The van der Waals surface area contributed by atoms with Gasteiger partial charge in [0, 0.05) is 22.8 Å². The molecule has 1 aliphatic heterocycles. The van der Waals surface area contributed by atoms with Gasteiger partial charge in [-0.15, -0.1) is 0 Å². The average molecular weight is 565 g/mol. The molecule has 5 rings (SSSR count). The number of halogens is 7. The van der Waals surface area contributed by atoms with Crippen LogP contribution in [0, 0.1) is 0 Å². The lowest BCUT2D eigenvalue weighted by atomic mass is 9.94. The van der Waals surface area contributed by atoms with Crippen LogP contribution < -0.4 is 20.9 Å². The highest BCUT2D eigenvalue weighted by molar-refractivity contribution is 6.31. The third-order valence-corrected chi connectivity index (χ3v) is 6.81. The summed E-state index contributed by atoms with van der Waals surface area (Å²) in [5.74, 6) is 0. The molecule has 0 radical (unpaired) electrons. The largest absolute Gasteiger partial charge is 0.417 e. The SMILES string of the molecule is CCNC1C=C2C(C=C1Nc1ccc(C(F)(F)F)cc1)Nc1ccccc1N2c1ccc(C(F)(F)F)c(Cl)c1. The number of benzene rings is 3. The molecule has 3 aromatic carbocycles. The van der Waals surface area contributed by atoms with Gasteiger partial charge in [0.05, 0.1) is 39.6 Å². The highest BCUT2D eigenvalue weighted by atomic mass is 35.5. The van der Waals surface area contributed by atoms with E-state index >= 15 is 0 Å². The van der Waals surface area contributed by atoms with Gasteiger partial charge in [0.15, 0.2) is 0 Å². The van der Waals surface area contributed by atoms with E-state index in [1.54, 1.807) is 0 Å². The lowest BCUT2D eigenvalue weighted by Gasteiger charge is -2.42. The molecule has 3 aromatic rings. The smallest absolute Gasteiger partial charge is 0.372 e. The van der Waals surface area contributed by atoms with Crippen molar-refractivity contribution in [2.24, 2.45) is 0 Å². The van der Waals surface area contributed by atoms with E-state index < -0.39 is 34.5 Å². The first kappa shape index (κ1) is 27.0. The second-order valence-electron chi connectivity index (χ2n) is 9.09. The van der Waals surface area contributed by atoms with E-state index in [9.17, 15) is 26.3 Å². The van der Waals surface area contributed by atoms with Crippen LogP contribution in [-0.4, -0.2) is 18.6 Å². The van der Waals surface area contributed by atoms with Gasteiger partial charge in [-0.1, -0.05) is 30.7 Å². The molecule has 0 bridgehead atoms. The predicted octanol–water partition coefficient (Wildman–Crippen LogP) is 8.18. The van der Waals surface area contributed by atoms with Crippen LogP contribution in [0.5, 0.6) is 0 Å². The molecular weight excluding hydrogens is 542 g/mol. The second kappa shape index (κ2) is 10.2. The van der Waals surface area contributed by atoms with Crippen molar-refractivity contribution in [3.63, 3.8) is 0 Å². The third kappa shape index (κ3) is 5.44. The van der Waals surface area contributed by atoms with Crippen molar-refractivity contribution in [3.05, 3.63) is 106 Å². The highest BCUT2D eigenvalue weighted by Crippen LogP contribution is 2.45. The maximum absolute atomic E-state index is 13.4. The summed E-state index contributed by atoms with van der Waals surface area (Å²) in [5, 5.41) is 9.60. The third-order valence-electron chi connectivity index (χ3n) is 6.49. The van der Waals surface area contributed by atoms with Crippen molar-refractivity contribution in [2.75, 3.05) is 22.1 Å². The van der Waals surface area contributed by atoms with E-state index in [1.165, 1.54) is 24.3 Å². The van der Waals surface area contributed by atoms with Gasteiger partial charge in [0.25, 0.3) is 0 Å². The maximum atomic E-state index is 13.4. The average Bonchev–Trinajstić information content (AvgIpc) is 2.87.